The molecule has 1 saturated heterocycles. The van der Waals surface area contributed by atoms with Crippen molar-refractivity contribution in [3.8, 4) is 0 Å². The van der Waals surface area contributed by atoms with Crippen molar-refractivity contribution in [3.63, 3.8) is 0 Å². The Morgan fingerprint density at radius 2 is 1.94 bits per heavy atom. The lowest BCUT2D eigenvalue weighted by Crippen LogP contribution is -2.44. The third kappa shape index (κ3) is 4.92. The molecule has 0 bridgehead atoms. The zero-order chi connectivity index (χ0) is 13.4. The maximum Gasteiger partial charge on any atom is 0.236 e. The summed E-state index contributed by atoms with van der Waals surface area (Å²) in [6.45, 7) is 9.30. The number of rotatable bonds is 7. The minimum Gasteiger partial charge on any atom is -0.377 e. The first-order valence-electron chi connectivity index (χ1n) is 7.03. The van der Waals surface area contributed by atoms with Crippen molar-refractivity contribution in [1.29, 1.82) is 0 Å². The third-order valence-electron chi connectivity index (χ3n) is 3.48. The zero-order valence-electron chi connectivity index (χ0n) is 11.7. The predicted molar refractivity (Wildman–Crippen MR) is 72.4 cm³/mol. The molecule has 2 N–H and O–H groups in total. The van der Waals surface area contributed by atoms with Gasteiger partial charge >= 0.3 is 0 Å². The molecule has 0 radical (unpaired) electrons. The van der Waals surface area contributed by atoms with E-state index in [9.17, 15) is 4.79 Å². The van der Waals surface area contributed by atoms with E-state index in [2.05, 4.69) is 4.90 Å². The zero-order valence-corrected chi connectivity index (χ0v) is 11.7. The van der Waals surface area contributed by atoms with Gasteiger partial charge in [-0.15, -0.1) is 0 Å². The second-order valence-electron chi connectivity index (χ2n) is 4.70. The topological polar surface area (TPSA) is 58.8 Å². The molecule has 18 heavy (non-hydrogen) atoms. The van der Waals surface area contributed by atoms with Crippen LogP contribution in [0.1, 0.15) is 26.7 Å². The van der Waals surface area contributed by atoms with Crippen molar-refractivity contribution in [2.75, 3.05) is 45.9 Å². The fourth-order valence-corrected chi connectivity index (χ4v) is 2.34. The van der Waals surface area contributed by atoms with Crippen LogP contribution in [-0.2, 0) is 9.53 Å². The number of amides is 1. The van der Waals surface area contributed by atoms with Crippen LogP contribution in [0.15, 0.2) is 0 Å². The van der Waals surface area contributed by atoms with E-state index < -0.39 is 0 Å². The first-order valence-corrected chi connectivity index (χ1v) is 7.03. The summed E-state index contributed by atoms with van der Waals surface area (Å²) in [6, 6.07) is 0. The molecule has 1 aliphatic heterocycles. The minimum atomic E-state index is 0.237. The number of piperidine rings is 1. The number of carbonyl (C=O) groups is 1. The van der Waals surface area contributed by atoms with Crippen LogP contribution >= 0.6 is 0 Å². The fraction of sp³-hybridized carbons (Fsp3) is 0.923. The SMILES string of the molecule is CCN(CC)C(=O)CN1CCC(OCCN)CC1. The summed E-state index contributed by atoms with van der Waals surface area (Å²) in [7, 11) is 0. The highest BCUT2D eigenvalue weighted by atomic mass is 16.5. The van der Waals surface area contributed by atoms with Crippen LogP contribution in [-0.4, -0.2) is 67.7 Å². The number of carbonyl (C=O) groups excluding carboxylic acids is 1. The Morgan fingerprint density at radius 3 is 2.44 bits per heavy atom. The van der Waals surface area contributed by atoms with Gasteiger partial charge in [0.25, 0.3) is 0 Å². The number of ether oxygens (including phenoxy) is 1. The van der Waals surface area contributed by atoms with E-state index in [1.807, 2.05) is 18.7 Å². The Kier molecular flexibility index (Phi) is 7.23. The smallest absolute Gasteiger partial charge is 0.236 e. The molecule has 0 unspecified atom stereocenters. The fourth-order valence-electron chi connectivity index (χ4n) is 2.34. The molecule has 0 aliphatic carbocycles. The van der Waals surface area contributed by atoms with Crippen molar-refractivity contribution in [2.24, 2.45) is 5.73 Å². The number of hydrogen-bond acceptors (Lipinski definition) is 4. The highest BCUT2D eigenvalue weighted by molar-refractivity contribution is 5.78. The Hall–Kier alpha value is -0.650. The molecular weight excluding hydrogens is 230 g/mol. The Bertz CT molecular complexity index is 236. The Balaban J connectivity index is 2.24. The van der Waals surface area contributed by atoms with Gasteiger partial charge < -0.3 is 15.4 Å². The molecule has 0 aromatic rings. The second-order valence-corrected chi connectivity index (χ2v) is 4.70. The van der Waals surface area contributed by atoms with Gasteiger partial charge in [-0.1, -0.05) is 0 Å². The summed E-state index contributed by atoms with van der Waals surface area (Å²) in [6.07, 6.45) is 2.34. The lowest BCUT2D eigenvalue weighted by Gasteiger charge is -2.32. The third-order valence-corrected chi connectivity index (χ3v) is 3.48. The van der Waals surface area contributed by atoms with Crippen LogP contribution in [0.2, 0.25) is 0 Å². The van der Waals surface area contributed by atoms with Gasteiger partial charge in [0.15, 0.2) is 0 Å². The molecular formula is C13H27N3O2. The summed E-state index contributed by atoms with van der Waals surface area (Å²) >= 11 is 0. The molecule has 1 rings (SSSR count). The van der Waals surface area contributed by atoms with Crippen LogP contribution in [0.3, 0.4) is 0 Å². The van der Waals surface area contributed by atoms with Crippen molar-refractivity contribution in [3.05, 3.63) is 0 Å². The quantitative estimate of drug-likeness (QED) is 0.712. The van der Waals surface area contributed by atoms with Crippen molar-refractivity contribution >= 4 is 5.91 Å². The summed E-state index contributed by atoms with van der Waals surface area (Å²) < 4.78 is 5.63. The van der Waals surface area contributed by atoms with Gasteiger partial charge in [-0.05, 0) is 26.7 Å². The minimum absolute atomic E-state index is 0.237. The number of nitrogens with two attached hydrogens (primary N) is 1. The molecule has 0 atom stereocenters. The van der Waals surface area contributed by atoms with Gasteiger partial charge in [-0.2, -0.15) is 0 Å². The highest BCUT2D eigenvalue weighted by Crippen LogP contribution is 2.13. The van der Waals surface area contributed by atoms with Crippen LogP contribution < -0.4 is 5.73 Å². The first-order chi connectivity index (χ1) is 8.71. The first kappa shape index (κ1) is 15.4. The summed E-state index contributed by atoms with van der Waals surface area (Å²) in [5.74, 6) is 0.237. The van der Waals surface area contributed by atoms with E-state index in [0.29, 0.717) is 25.8 Å². The summed E-state index contributed by atoms with van der Waals surface area (Å²) in [5, 5.41) is 0. The largest absolute Gasteiger partial charge is 0.377 e. The van der Waals surface area contributed by atoms with Gasteiger partial charge in [0.1, 0.15) is 0 Å². The van der Waals surface area contributed by atoms with E-state index in [1.165, 1.54) is 0 Å². The van der Waals surface area contributed by atoms with Crippen molar-refractivity contribution < 1.29 is 9.53 Å². The van der Waals surface area contributed by atoms with Crippen LogP contribution in [0.25, 0.3) is 0 Å². The summed E-state index contributed by atoms with van der Waals surface area (Å²) in [4.78, 5) is 16.1. The molecule has 0 aromatic carbocycles. The molecule has 5 nitrogen and oxygen atoms in total. The maximum absolute atomic E-state index is 12.0. The molecule has 0 saturated carbocycles. The average molecular weight is 257 g/mol. The molecule has 1 aliphatic rings. The maximum atomic E-state index is 12.0. The number of hydrogen-bond donors (Lipinski definition) is 1. The van der Waals surface area contributed by atoms with E-state index in [0.717, 1.165) is 39.0 Å². The second kappa shape index (κ2) is 8.45. The number of likely N-dealkylation sites (tertiary alicyclic amines) is 1. The van der Waals surface area contributed by atoms with Crippen LogP contribution in [0.4, 0.5) is 0 Å². The standard InChI is InChI=1S/C13H27N3O2/c1-3-16(4-2)13(17)11-15-8-5-12(6-9-15)18-10-7-14/h12H,3-11,14H2,1-2H3. The van der Waals surface area contributed by atoms with E-state index in [-0.39, 0.29) is 5.91 Å². The van der Waals surface area contributed by atoms with Gasteiger partial charge in [-0.3, -0.25) is 9.69 Å². The normalized spacial score (nSPS) is 17.9. The summed E-state index contributed by atoms with van der Waals surface area (Å²) in [5.41, 5.74) is 5.42. The van der Waals surface area contributed by atoms with Crippen LogP contribution in [0, 0.1) is 0 Å². The van der Waals surface area contributed by atoms with Gasteiger partial charge in [0.2, 0.25) is 5.91 Å². The molecule has 1 heterocycles. The molecule has 0 aromatic heterocycles. The number of nitrogens with zero attached hydrogens (tertiary/aromatic N) is 2. The van der Waals surface area contributed by atoms with Gasteiger partial charge in [0.05, 0.1) is 19.3 Å². The van der Waals surface area contributed by atoms with Gasteiger partial charge in [0, 0.05) is 32.7 Å². The van der Waals surface area contributed by atoms with Gasteiger partial charge in [-0.25, -0.2) is 0 Å². The molecule has 0 spiro atoms. The number of likely N-dealkylation sites (N-methyl/N-ethyl adjacent to an activating group) is 1. The predicted octanol–water partition coefficient (Wildman–Crippen LogP) is 0.295. The average Bonchev–Trinajstić information content (AvgIpc) is 2.39. The molecule has 1 amide bonds. The van der Waals surface area contributed by atoms with E-state index in [4.69, 9.17) is 10.5 Å². The Morgan fingerprint density at radius 1 is 1.33 bits per heavy atom. The van der Waals surface area contributed by atoms with Crippen molar-refractivity contribution in [1.82, 2.24) is 9.80 Å². The lowest BCUT2D eigenvalue weighted by molar-refractivity contribution is -0.132. The molecule has 5 heteroatoms. The van der Waals surface area contributed by atoms with Crippen LogP contribution in [0.5, 0.6) is 0 Å². The van der Waals surface area contributed by atoms with Crippen molar-refractivity contribution in [2.45, 2.75) is 32.8 Å². The molecule has 1 fully saturated rings. The Labute approximate surface area is 110 Å². The van der Waals surface area contributed by atoms with E-state index in [1.54, 1.807) is 0 Å². The molecule has 106 valence electrons. The highest BCUT2D eigenvalue weighted by Gasteiger charge is 2.22. The monoisotopic (exact) mass is 257 g/mol. The van der Waals surface area contributed by atoms with E-state index >= 15 is 0 Å². The lowest BCUT2D eigenvalue weighted by atomic mass is 10.1.